The molecule has 2 atom stereocenters. The fourth-order valence-electron chi connectivity index (χ4n) is 3.08. The van der Waals surface area contributed by atoms with Crippen molar-refractivity contribution in [3.05, 3.63) is 40.0 Å². The summed E-state index contributed by atoms with van der Waals surface area (Å²) in [5.74, 6) is 0.970. The van der Waals surface area contributed by atoms with Crippen LogP contribution in [0.25, 0.3) is 0 Å². The van der Waals surface area contributed by atoms with Gasteiger partial charge < -0.3 is 9.52 Å². The molecule has 1 aliphatic rings. The first kappa shape index (κ1) is 15.7. The van der Waals surface area contributed by atoms with E-state index < -0.39 is 10.0 Å². The zero-order valence-corrected chi connectivity index (χ0v) is 14.2. The van der Waals surface area contributed by atoms with Crippen molar-refractivity contribution in [3.8, 4) is 0 Å². The fourth-order valence-corrected chi connectivity index (χ4v) is 5.55. The lowest BCUT2D eigenvalue weighted by Gasteiger charge is -2.15. The Labute approximate surface area is 134 Å². The maximum absolute atomic E-state index is 12.8. The van der Waals surface area contributed by atoms with Gasteiger partial charge in [-0.05, 0) is 42.3 Å². The van der Waals surface area contributed by atoms with Gasteiger partial charge in [0.2, 0.25) is 10.0 Å². The molecule has 5 nitrogen and oxygen atoms in total. The number of sulfonamides is 1. The summed E-state index contributed by atoms with van der Waals surface area (Å²) in [5, 5.41) is 13.6. The van der Waals surface area contributed by atoms with E-state index >= 15 is 0 Å². The Kier molecular flexibility index (Phi) is 4.15. The number of hydrogen-bond acceptors (Lipinski definition) is 5. The van der Waals surface area contributed by atoms with Gasteiger partial charge in [-0.2, -0.15) is 15.6 Å². The molecule has 3 rings (SSSR count). The number of hydrogen-bond donors (Lipinski definition) is 1. The summed E-state index contributed by atoms with van der Waals surface area (Å²) in [4.78, 5) is 0.229. The monoisotopic (exact) mass is 341 g/mol. The summed E-state index contributed by atoms with van der Waals surface area (Å²) in [6.07, 6.45) is 0. The molecular formula is C15H19NO4S2. The predicted octanol–water partition coefficient (Wildman–Crippen LogP) is 2.35. The van der Waals surface area contributed by atoms with E-state index in [0.717, 1.165) is 5.56 Å². The lowest BCUT2D eigenvalue weighted by Crippen LogP contribution is -2.29. The zero-order chi connectivity index (χ0) is 15.9. The second-order valence-electron chi connectivity index (χ2n) is 5.71. The van der Waals surface area contributed by atoms with Crippen molar-refractivity contribution in [2.24, 2.45) is 5.92 Å². The average Bonchev–Trinajstić information content (AvgIpc) is 3.16. The molecule has 1 saturated heterocycles. The van der Waals surface area contributed by atoms with Gasteiger partial charge in [-0.3, -0.25) is 0 Å². The van der Waals surface area contributed by atoms with Crippen LogP contribution in [-0.4, -0.2) is 37.5 Å². The molecule has 1 fully saturated rings. The molecule has 1 N–H and O–H groups in total. The minimum absolute atomic E-state index is 0.0179. The Morgan fingerprint density at radius 3 is 2.73 bits per heavy atom. The van der Waals surface area contributed by atoms with E-state index in [1.54, 1.807) is 31.3 Å². The standard InChI is InChI=1S/C15H19NO4S2/c1-10-5-15(11(2)20-10)22(18,19)16-6-13(8-17)14(7-16)12-3-4-21-9-12/h3-5,9,13-14,17H,6-8H2,1-2H3. The smallest absolute Gasteiger partial charge is 0.246 e. The molecule has 1 aliphatic heterocycles. The Morgan fingerprint density at radius 1 is 1.41 bits per heavy atom. The molecule has 0 spiro atoms. The molecule has 0 aromatic carbocycles. The number of thiophene rings is 1. The van der Waals surface area contributed by atoms with E-state index in [-0.39, 0.29) is 23.3 Å². The summed E-state index contributed by atoms with van der Waals surface area (Å²) >= 11 is 1.59. The highest BCUT2D eigenvalue weighted by atomic mass is 32.2. The quantitative estimate of drug-likeness (QED) is 0.927. The van der Waals surface area contributed by atoms with E-state index in [1.165, 1.54) is 4.31 Å². The van der Waals surface area contributed by atoms with Gasteiger partial charge in [0.1, 0.15) is 16.4 Å². The van der Waals surface area contributed by atoms with Gasteiger partial charge in [0.25, 0.3) is 0 Å². The van der Waals surface area contributed by atoms with Crippen molar-refractivity contribution >= 4 is 21.4 Å². The minimum atomic E-state index is -3.58. The number of nitrogens with zero attached hydrogens (tertiary/aromatic N) is 1. The van der Waals surface area contributed by atoms with Crippen molar-refractivity contribution in [2.45, 2.75) is 24.7 Å². The van der Waals surface area contributed by atoms with Crippen LogP contribution in [-0.2, 0) is 10.0 Å². The highest BCUT2D eigenvalue weighted by Gasteiger charge is 2.40. The molecule has 120 valence electrons. The average molecular weight is 341 g/mol. The first-order valence-corrected chi connectivity index (χ1v) is 9.52. The number of aryl methyl sites for hydroxylation is 2. The van der Waals surface area contributed by atoms with Crippen LogP contribution in [0.5, 0.6) is 0 Å². The summed E-state index contributed by atoms with van der Waals surface area (Å²) in [6, 6.07) is 3.57. The lowest BCUT2D eigenvalue weighted by atomic mass is 9.92. The molecule has 2 unspecified atom stereocenters. The van der Waals surface area contributed by atoms with Crippen LogP contribution in [0, 0.1) is 19.8 Å². The van der Waals surface area contributed by atoms with Crippen LogP contribution in [0.3, 0.4) is 0 Å². The van der Waals surface area contributed by atoms with Crippen LogP contribution in [0.4, 0.5) is 0 Å². The Bertz CT molecular complexity index is 749. The van der Waals surface area contributed by atoms with Crippen LogP contribution in [0.15, 0.2) is 32.2 Å². The van der Waals surface area contributed by atoms with Crippen molar-refractivity contribution in [1.29, 1.82) is 0 Å². The van der Waals surface area contributed by atoms with Gasteiger partial charge in [0.15, 0.2) is 0 Å². The van der Waals surface area contributed by atoms with Crippen molar-refractivity contribution in [3.63, 3.8) is 0 Å². The largest absolute Gasteiger partial charge is 0.465 e. The van der Waals surface area contributed by atoms with Gasteiger partial charge in [-0.1, -0.05) is 0 Å². The summed E-state index contributed by atoms with van der Waals surface area (Å²) in [6.45, 7) is 4.11. The van der Waals surface area contributed by atoms with Gasteiger partial charge in [0.05, 0.1) is 0 Å². The second-order valence-corrected chi connectivity index (χ2v) is 8.39. The minimum Gasteiger partial charge on any atom is -0.465 e. The molecule has 0 aliphatic carbocycles. The molecule has 0 bridgehead atoms. The Hall–Kier alpha value is -1.15. The highest BCUT2D eigenvalue weighted by molar-refractivity contribution is 7.89. The Morgan fingerprint density at radius 2 is 2.18 bits per heavy atom. The zero-order valence-electron chi connectivity index (χ0n) is 12.5. The van der Waals surface area contributed by atoms with Crippen LogP contribution in [0.1, 0.15) is 23.0 Å². The van der Waals surface area contributed by atoms with Gasteiger partial charge >= 0.3 is 0 Å². The van der Waals surface area contributed by atoms with Crippen molar-refractivity contribution < 1.29 is 17.9 Å². The van der Waals surface area contributed by atoms with Crippen LogP contribution >= 0.6 is 11.3 Å². The molecular weight excluding hydrogens is 322 g/mol. The van der Waals surface area contributed by atoms with Crippen molar-refractivity contribution in [1.82, 2.24) is 4.31 Å². The summed E-state index contributed by atoms with van der Waals surface area (Å²) in [5.41, 5.74) is 1.10. The maximum atomic E-state index is 12.8. The maximum Gasteiger partial charge on any atom is 0.246 e. The molecule has 0 saturated carbocycles. The normalized spacial score (nSPS) is 23.2. The topological polar surface area (TPSA) is 70.8 Å². The molecule has 0 radical (unpaired) electrons. The molecule has 22 heavy (non-hydrogen) atoms. The third-order valence-corrected chi connectivity index (χ3v) is 6.87. The molecule has 2 aromatic heterocycles. The molecule has 2 aromatic rings. The number of furan rings is 1. The number of aliphatic hydroxyl groups is 1. The predicted molar refractivity (Wildman–Crippen MR) is 84.6 cm³/mol. The lowest BCUT2D eigenvalue weighted by molar-refractivity contribution is 0.223. The van der Waals surface area contributed by atoms with E-state index in [4.69, 9.17) is 4.42 Å². The SMILES string of the molecule is Cc1cc(S(=O)(=O)N2CC(CO)C(c3ccsc3)C2)c(C)o1. The summed E-state index contributed by atoms with van der Waals surface area (Å²) < 4.78 is 32.5. The highest BCUT2D eigenvalue weighted by Crippen LogP contribution is 2.37. The number of rotatable bonds is 4. The molecule has 7 heteroatoms. The van der Waals surface area contributed by atoms with E-state index in [1.807, 2.05) is 16.8 Å². The fraction of sp³-hybridized carbons (Fsp3) is 0.467. The van der Waals surface area contributed by atoms with E-state index in [0.29, 0.717) is 24.6 Å². The van der Waals surface area contributed by atoms with Gasteiger partial charge in [-0.15, -0.1) is 0 Å². The van der Waals surface area contributed by atoms with Gasteiger partial charge in [-0.25, -0.2) is 8.42 Å². The van der Waals surface area contributed by atoms with Crippen LogP contribution < -0.4 is 0 Å². The van der Waals surface area contributed by atoms with Crippen LogP contribution in [0.2, 0.25) is 0 Å². The number of aliphatic hydroxyl groups excluding tert-OH is 1. The van der Waals surface area contributed by atoms with E-state index in [9.17, 15) is 13.5 Å². The third kappa shape index (κ3) is 2.62. The summed E-state index contributed by atoms with van der Waals surface area (Å²) in [7, 11) is -3.58. The van der Waals surface area contributed by atoms with Crippen molar-refractivity contribution in [2.75, 3.05) is 19.7 Å². The first-order chi connectivity index (χ1) is 10.4. The molecule has 0 amide bonds. The van der Waals surface area contributed by atoms with E-state index in [2.05, 4.69) is 0 Å². The second kappa shape index (κ2) is 5.81. The Balaban J connectivity index is 1.91. The third-order valence-electron chi connectivity index (χ3n) is 4.23. The molecule has 3 heterocycles. The first-order valence-electron chi connectivity index (χ1n) is 7.13. The van der Waals surface area contributed by atoms with Gasteiger partial charge in [0, 0.05) is 31.5 Å².